The van der Waals surface area contributed by atoms with Gasteiger partial charge in [0.1, 0.15) is 6.04 Å². The zero-order valence-electron chi connectivity index (χ0n) is 16.3. The lowest BCUT2D eigenvalue weighted by Gasteiger charge is -2.22. The molecule has 0 saturated heterocycles. The molecule has 1 atom stereocenters. The number of amides is 1. The molecule has 0 bridgehead atoms. The monoisotopic (exact) mass is 485 g/mol. The molecule has 0 aliphatic carbocycles. The third-order valence-electron chi connectivity index (χ3n) is 4.76. The lowest BCUT2D eigenvalue weighted by atomic mass is 9.90. The molecule has 0 aliphatic rings. The number of nitrogens with one attached hydrogen (secondary N) is 1. The van der Waals surface area contributed by atoms with E-state index in [4.69, 9.17) is 16.3 Å². The summed E-state index contributed by atoms with van der Waals surface area (Å²) in [7, 11) is 1.31. The van der Waals surface area contributed by atoms with E-state index in [1.54, 1.807) is 12.1 Å². The Hall–Kier alpha value is -2.63. The fourth-order valence-electron chi connectivity index (χ4n) is 3.30. The van der Waals surface area contributed by atoms with E-state index in [1.807, 2.05) is 66.7 Å². The Morgan fingerprint density at radius 2 is 1.53 bits per heavy atom. The van der Waals surface area contributed by atoms with Crippen LogP contribution in [-0.2, 0) is 20.7 Å². The van der Waals surface area contributed by atoms with Gasteiger partial charge in [-0.15, -0.1) is 0 Å². The van der Waals surface area contributed by atoms with Gasteiger partial charge in [-0.25, -0.2) is 4.79 Å². The molecule has 6 heteroatoms. The van der Waals surface area contributed by atoms with Crippen LogP contribution in [0.2, 0.25) is 5.02 Å². The molecule has 0 radical (unpaired) electrons. The Bertz CT molecular complexity index is 972. The number of ether oxygens (including phenoxy) is 1. The van der Waals surface area contributed by atoms with E-state index in [9.17, 15) is 9.59 Å². The zero-order valence-corrected chi connectivity index (χ0v) is 18.7. The molecule has 30 heavy (non-hydrogen) atoms. The molecule has 0 saturated carbocycles. The van der Waals surface area contributed by atoms with Crippen molar-refractivity contribution in [3.05, 3.63) is 105 Å². The number of halogens is 2. The van der Waals surface area contributed by atoms with Crippen LogP contribution >= 0.6 is 27.5 Å². The van der Waals surface area contributed by atoms with Gasteiger partial charge in [0.15, 0.2) is 0 Å². The largest absolute Gasteiger partial charge is 0.467 e. The van der Waals surface area contributed by atoms with Gasteiger partial charge in [0.05, 0.1) is 13.0 Å². The minimum Gasteiger partial charge on any atom is -0.467 e. The van der Waals surface area contributed by atoms with Gasteiger partial charge in [-0.05, 0) is 34.9 Å². The van der Waals surface area contributed by atoms with Crippen molar-refractivity contribution >= 4 is 39.4 Å². The van der Waals surface area contributed by atoms with Crippen molar-refractivity contribution in [2.45, 2.75) is 18.4 Å². The molecule has 0 spiro atoms. The van der Waals surface area contributed by atoms with Crippen LogP contribution in [0.3, 0.4) is 0 Å². The maximum Gasteiger partial charge on any atom is 0.328 e. The molecule has 0 heterocycles. The van der Waals surface area contributed by atoms with E-state index in [0.29, 0.717) is 5.02 Å². The maximum atomic E-state index is 13.4. The first kappa shape index (κ1) is 22.1. The summed E-state index contributed by atoms with van der Waals surface area (Å²) in [6.45, 7) is 0. The predicted molar refractivity (Wildman–Crippen MR) is 122 cm³/mol. The number of rotatable bonds is 7. The van der Waals surface area contributed by atoms with Crippen molar-refractivity contribution in [2.75, 3.05) is 7.11 Å². The number of hydrogen-bond acceptors (Lipinski definition) is 3. The molecule has 3 rings (SSSR count). The number of carbonyl (C=O) groups is 2. The predicted octanol–water partition coefficient (Wildman–Crippen LogP) is 5.13. The molecule has 3 aromatic rings. The van der Waals surface area contributed by atoms with Crippen molar-refractivity contribution < 1.29 is 14.3 Å². The molecule has 154 valence electrons. The molecule has 0 unspecified atom stereocenters. The number of benzene rings is 3. The summed E-state index contributed by atoms with van der Waals surface area (Å²) in [6, 6.07) is 23.4. The van der Waals surface area contributed by atoms with Gasteiger partial charge in [0.25, 0.3) is 0 Å². The summed E-state index contributed by atoms with van der Waals surface area (Å²) in [5, 5.41) is 3.43. The topological polar surface area (TPSA) is 55.4 Å². The molecule has 4 nitrogen and oxygen atoms in total. The lowest BCUT2D eigenvalue weighted by Crippen LogP contribution is -2.45. The van der Waals surface area contributed by atoms with Crippen LogP contribution in [-0.4, -0.2) is 25.0 Å². The number of esters is 1. The average Bonchev–Trinajstić information content (AvgIpc) is 2.77. The number of methoxy groups -OCH3 is 1. The second-order valence-electron chi connectivity index (χ2n) is 6.78. The van der Waals surface area contributed by atoms with E-state index in [1.165, 1.54) is 7.11 Å². The van der Waals surface area contributed by atoms with Crippen molar-refractivity contribution in [1.29, 1.82) is 0 Å². The summed E-state index contributed by atoms with van der Waals surface area (Å²) < 4.78 is 5.75. The van der Waals surface area contributed by atoms with Gasteiger partial charge < -0.3 is 10.1 Å². The number of carbonyl (C=O) groups excluding carboxylic acids is 2. The van der Waals surface area contributed by atoms with Crippen LogP contribution < -0.4 is 5.32 Å². The second-order valence-corrected chi connectivity index (χ2v) is 8.07. The van der Waals surface area contributed by atoms with Crippen LogP contribution in [0, 0.1) is 0 Å². The molecule has 1 amide bonds. The second kappa shape index (κ2) is 10.4. The van der Waals surface area contributed by atoms with E-state index in [0.717, 1.165) is 21.2 Å². The van der Waals surface area contributed by atoms with Gasteiger partial charge >= 0.3 is 5.97 Å². The first-order chi connectivity index (χ1) is 14.5. The summed E-state index contributed by atoms with van der Waals surface area (Å²) >= 11 is 9.58. The fourth-order valence-corrected chi connectivity index (χ4v) is 3.90. The normalized spacial score (nSPS) is 11.7. The third kappa shape index (κ3) is 5.49. The average molecular weight is 487 g/mol. The zero-order chi connectivity index (χ0) is 21.5. The summed E-state index contributed by atoms with van der Waals surface area (Å²) in [6.07, 6.45) is 0.246. The quantitative estimate of drug-likeness (QED) is 0.471. The van der Waals surface area contributed by atoms with Gasteiger partial charge in [-0.3, -0.25) is 4.79 Å². The molecule has 0 aliphatic heterocycles. The van der Waals surface area contributed by atoms with E-state index in [2.05, 4.69) is 21.2 Å². The van der Waals surface area contributed by atoms with Crippen LogP contribution in [0.1, 0.15) is 22.6 Å². The van der Waals surface area contributed by atoms with Crippen molar-refractivity contribution in [1.82, 2.24) is 5.32 Å². The Kier molecular flexibility index (Phi) is 7.66. The van der Waals surface area contributed by atoms with Crippen LogP contribution in [0.4, 0.5) is 0 Å². The highest BCUT2D eigenvalue weighted by molar-refractivity contribution is 9.10. The smallest absolute Gasteiger partial charge is 0.328 e. The van der Waals surface area contributed by atoms with Crippen LogP contribution in [0.25, 0.3) is 0 Å². The van der Waals surface area contributed by atoms with Crippen molar-refractivity contribution in [3.63, 3.8) is 0 Å². The van der Waals surface area contributed by atoms with Crippen molar-refractivity contribution in [2.24, 2.45) is 0 Å². The van der Waals surface area contributed by atoms with Gasteiger partial charge in [0, 0.05) is 15.9 Å². The Morgan fingerprint density at radius 1 is 0.967 bits per heavy atom. The summed E-state index contributed by atoms with van der Waals surface area (Å²) in [5.74, 6) is -1.35. The Morgan fingerprint density at radius 3 is 2.07 bits per heavy atom. The first-order valence-corrected chi connectivity index (χ1v) is 10.6. The standard InChI is InChI=1S/C24H21BrClNO3/c1-30-24(29)21(15-18-14-19(26)12-13-20(18)25)27-23(28)22(16-8-4-2-5-9-16)17-10-6-3-7-11-17/h2-14,21-22H,15H2,1H3,(H,27,28)/t21-/m1/s1. The van der Waals surface area contributed by atoms with Crippen LogP contribution in [0.5, 0.6) is 0 Å². The maximum absolute atomic E-state index is 13.4. The highest BCUT2D eigenvalue weighted by Gasteiger charge is 2.29. The highest BCUT2D eigenvalue weighted by Crippen LogP contribution is 2.26. The Balaban J connectivity index is 1.90. The van der Waals surface area contributed by atoms with E-state index in [-0.39, 0.29) is 12.3 Å². The van der Waals surface area contributed by atoms with Gasteiger partial charge in [0.2, 0.25) is 5.91 Å². The molecular weight excluding hydrogens is 466 g/mol. The fraction of sp³-hybridized carbons (Fsp3) is 0.167. The minimum absolute atomic E-state index is 0.246. The van der Waals surface area contributed by atoms with Gasteiger partial charge in [-0.2, -0.15) is 0 Å². The van der Waals surface area contributed by atoms with Crippen LogP contribution in [0.15, 0.2) is 83.3 Å². The minimum atomic E-state index is -0.854. The molecule has 1 N–H and O–H groups in total. The molecule has 0 aromatic heterocycles. The highest BCUT2D eigenvalue weighted by atomic mass is 79.9. The lowest BCUT2D eigenvalue weighted by molar-refractivity contribution is -0.145. The van der Waals surface area contributed by atoms with Gasteiger partial charge in [-0.1, -0.05) is 88.2 Å². The van der Waals surface area contributed by atoms with E-state index < -0.39 is 17.9 Å². The molecular formula is C24H21BrClNO3. The van der Waals surface area contributed by atoms with E-state index >= 15 is 0 Å². The van der Waals surface area contributed by atoms with Crippen molar-refractivity contribution in [3.8, 4) is 0 Å². The number of hydrogen-bond donors (Lipinski definition) is 1. The molecule has 0 fully saturated rings. The third-order valence-corrected chi connectivity index (χ3v) is 5.77. The Labute approximate surface area is 189 Å². The SMILES string of the molecule is COC(=O)[C@@H](Cc1cc(Cl)ccc1Br)NC(=O)C(c1ccccc1)c1ccccc1. The molecule has 3 aromatic carbocycles. The summed E-state index contributed by atoms with van der Waals surface area (Å²) in [4.78, 5) is 25.8. The summed E-state index contributed by atoms with van der Waals surface area (Å²) in [5.41, 5.74) is 2.48. The first-order valence-electron chi connectivity index (χ1n) is 9.41.